The van der Waals surface area contributed by atoms with Crippen molar-refractivity contribution in [3.05, 3.63) is 54.1 Å². The molecule has 0 unspecified atom stereocenters. The van der Waals surface area contributed by atoms with Crippen LogP contribution in [0.3, 0.4) is 0 Å². The average molecular weight is 447 g/mol. The van der Waals surface area contributed by atoms with Crippen molar-refractivity contribution in [3.8, 4) is 5.75 Å². The summed E-state index contributed by atoms with van der Waals surface area (Å²) in [7, 11) is -3.51. The lowest BCUT2D eigenvalue weighted by molar-refractivity contribution is 0.102. The van der Waals surface area contributed by atoms with Gasteiger partial charge in [0, 0.05) is 30.9 Å². The summed E-state index contributed by atoms with van der Waals surface area (Å²) in [5.41, 5.74) is 0.979. The van der Waals surface area contributed by atoms with Crippen molar-refractivity contribution in [1.82, 2.24) is 4.31 Å². The fraction of sp³-hybridized carbons (Fsp3) is 0.435. The van der Waals surface area contributed by atoms with E-state index in [0.29, 0.717) is 55.8 Å². The van der Waals surface area contributed by atoms with Gasteiger partial charge in [-0.15, -0.1) is 0 Å². The smallest absolute Gasteiger partial charge is 0.255 e. The van der Waals surface area contributed by atoms with E-state index in [4.69, 9.17) is 9.47 Å². The van der Waals surface area contributed by atoms with Crippen molar-refractivity contribution in [3.63, 3.8) is 0 Å². The van der Waals surface area contributed by atoms with Gasteiger partial charge in [-0.3, -0.25) is 4.79 Å². The molecule has 1 saturated heterocycles. The molecule has 1 N–H and O–H groups in total. The monoisotopic (exact) mass is 446 g/mol. The van der Waals surface area contributed by atoms with Gasteiger partial charge in [0.1, 0.15) is 12.4 Å². The molecule has 2 aromatic carbocycles. The molecule has 0 saturated carbocycles. The van der Waals surface area contributed by atoms with Gasteiger partial charge in [-0.2, -0.15) is 4.31 Å². The Kier molecular flexibility index (Phi) is 8.06. The summed E-state index contributed by atoms with van der Waals surface area (Å²) in [6.45, 7) is 6.67. The van der Waals surface area contributed by atoms with E-state index in [1.54, 1.807) is 36.4 Å². The zero-order valence-electron chi connectivity index (χ0n) is 18.0. The molecule has 0 aromatic heterocycles. The summed E-state index contributed by atoms with van der Waals surface area (Å²) in [5.74, 6) is 0.846. The Balaban J connectivity index is 1.61. The van der Waals surface area contributed by atoms with E-state index in [-0.39, 0.29) is 10.8 Å². The van der Waals surface area contributed by atoms with Crippen LogP contribution in [-0.2, 0) is 14.8 Å². The van der Waals surface area contributed by atoms with E-state index in [0.717, 1.165) is 12.8 Å². The van der Waals surface area contributed by atoms with E-state index in [2.05, 4.69) is 12.2 Å². The second-order valence-corrected chi connectivity index (χ2v) is 9.58. The van der Waals surface area contributed by atoms with Crippen molar-refractivity contribution >= 4 is 21.6 Å². The highest BCUT2D eigenvalue weighted by Crippen LogP contribution is 2.24. The summed E-state index contributed by atoms with van der Waals surface area (Å²) in [6, 6.07) is 13.2. The first kappa shape index (κ1) is 23.2. The standard InChI is InChI=1S/C23H30N2O5S/c1-3-29-15-16-30-21-6-4-5-19(17-21)23(26)24-20-7-9-22(10-8-20)31(27,28)25-13-11-18(2)12-14-25/h4-10,17-18H,3,11-16H2,1-2H3,(H,24,26). The Labute approximate surface area is 184 Å². The molecule has 1 aliphatic rings. The van der Waals surface area contributed by atoms with Gasteiger partial charge in [-0.1, -0.05) is 13.0 Å². The van der Waals surface area contributed by atoms with Crippen molar-refractivity contribution in [2.75, 3.05) is 38.2 Å². The first-order chi connectivity index (χ1) is 14.9. The number of nitrogens with zero attached hydrogens (tertiary/aromatic N) is 1. The zero-order valence-corrected chi connectivity index (χ0v) is 18.9. The Morgan fingerprint density at radius 2 is 1.81 bits per heavy atom. The van der Waals surface area contributed by atoms with E-state index >= 15 is 0 Å². The molecule has 0 bridgehead atoms. The maximum absolute atomic E-state index is 12.8. The number of ether oxygens (including phenoxy) is 2. The summed E-state index contributed by atoms with van der Waals surface area (Å²) in [5, 5.41) is 2.80. The van der Waals surface area contributed by atoms with Crippen LogP contribution in [-0.4, -0.2) is 51.5 Å². The number of benzene rings is 2. The largest absolute Gasteiger partial charge is 0.491 e. The van der Waals surface area contributed by atoms with E-state index < -0.39 is 10.0 Å². The van der Waals surface area contributed by atoms with Gasteiger partial charge in [0.05, 0.1) is 11.5 Å². The van der Waals surface area contributed by atoms with Gasteiger partial charge in [0.15, 0.2) is 0 Å². The summed E-state index contributed by atoms with van der Waals surface area (Å²) >= 11 is 0. The Hall–Kier alpha value is -2.42. The van der Waals surface area contributed by atoms with Crippen molar-refractivity contribution in [2.24, 2.45) is 5.92 Å². The van der Waals surface area contributed by atoms with Gasteiger partial charge in [-0.25, -0.2) is 8.42 Å². The number of hydrogen-bond acceptors (Lipinski definition) is 5. The molecule has 1 heterocycles. The lowest BCUT2D eigenvalue weighted by Gasteiger charge is -2.29. The number of carbonyl (C=O) groups is 1. The highest BCUT2D eigenvalue weighted by molar-refractivity contribution is 7.89. The van der Waals surface area contributed by atoms with Crippen LogP contribution in [0, 0.1) is 5.92 Å². The minimum absolute atomic E-state index is 0.241. The minimum Gasteiger partial charge on any atom is -0.491 e. The normalized spacial score (nSPS) is 15.5. The fourth-order valence-corrected chi connectivity index (χ4v) is 4.85. The molecule has 1 fully saturated rings. The van der Waals surface area contributed by atoms with Gasteiger partial charge in [-0.05, 0) is 68.1 Å². The van der Waals surface area contributed by atoms with Crippen LogP contribution in [0.2, 0.25) is 0 Å². The molecule has 0 aliphatic carbocycles. The summed E-state index contributed by atoms with van der Waals surface area (Å²) in [4.78, 5) is 12.8. The third kappa shape index (κ3) is 6.29. The number of piperidine rings is 1. The molecule has 7 nitrogen and oxygen atoms in total. The molecule has 1 amide bonds. The molecule has 3 rings (SSSR count). The van der Waals surface area contributed by atoms with Crippen LogP contribution < -0.4 is 10.1 Å². The lowest BCUT2D eigenvalue weighted by Crippen LogP contribution is -2.37. The van der Waals surface area contributed by atoms with Gasteiger partial charge in [0.25, 0.3) is 5.91 Å². The minimum atomic E-state index is -3.51. The summed E-state index contributed by atoms with van der Waals surface area (Å²) in [6.07, 6.45) is 1.75. The lowest BCUT2D eigenvalue weighted by atomic mass is 10.0. The molecule has 2 aromatic rings. The quantitative estimate of drug-likeness (QED) is 0.593. The molecule has 1 aliphatic heterocycles. The number of rotatable bonds is 9. The molecule has 0 spiro atoms. The number of sulfonamides is 1. The highest BCUT2D eigenvalue weighted by Gasteiger charge is 2.27. The third-order valence-electron chi connectivity index (χ3n) is 5.29. The molecular formula is C23H30N2O5S. The second kappa shape index (κ2) is 10.7. The highest BCUT2D eigenvalue weighted by atomic mass is 32.2. The maximum atomic E-state index is 12.8. The van der Waals surface area contributed by atoms with Crippen molar-refractivity contribution < 1.29 is 22.7 Å². The Morgan fingerprint density at radius 3 is 2.48 bits per heavy atom. The predicted molar refractivity (Wildman–Crippen MR) is 120 cm³/mol. The average Bonchev–Trinajstić information content (AvgIpc) is 2.77. The first-order valence-electron chi connectivity index (χ1n) is 10.6. The van der Waals surface area contributed by atoms with Crippen molar-refractivity contribution in [1.29, 1.82) is 0 Å². The van der Waals surface area contributed by atoms with Crippen LogP contribution in [0.4, 0.5) is 5.69 Å². The van der Waals surface area contributed by atoms with E-state index in [1.807, 2.05) is 6.92 Å². The number of hydrogen-bond donors (Lipinski definition) is 1. The van der Waals surface area contributed by atoms with Crippen LogP contribution in [0.5, 0.6) is 5.75 Å². The third-order valence-corrected chi connectivity index (χ3v) is 7.20. The number of nitrogens with one attached hydrogen (secondary N) is 1. The van der Waals surface area contributed by atoms with Crippen LogP contribution in [0.15, 0.2) is 53.4 Å². The Morgan fingerprint density at radius 1 is 1.10 bits per heavy atom. The predicted octanol–water partition coefficient (Wildman–Crippen LogP) is 3.77. The SMILES string of the molecule is CCOCCOc1cccc(C(=O)Nc2ccc(S(=O)(=O)N3CCC(C)CC3)cc2)c1. The van der Waals surface area contributed by atoms with Crippen LogP contribution >= 0.6 is 0 Å². The fourth-order valence-electron chi connectivity index (χ4n) is 3.38. The molecule has 8 heteroatoms. The topological polar surface area (TPSA) is 84.9 Å². The maximum Gasteiger partial charge on any atom is 0.255 e. The first-order valence-corrected chi connectivity index (χ1v) is 12.1. The molecular weight excluding hydrogens is 416 g/mol. The number of amides is 1. The van der Waals surface area contributed by atoms with Crippen LogP contribution in [0.1, 0.15) is 37.0 Å². The molecule has 168 valence electrons. The number of carbonyl (C=O) groups excluding carboxylic acids is 1. The zero-order chi connectivity index (χ0) is 22.3. The number of anilines is 1. The van der Waals surface area contributed by atoms with Gasteiger partial charge >= 0.3 is 0 Å². The Bertz CT molecular complexity index is 968. The summed E-state index contributed by atoms with van der Waals surface area (Å²) < 4.78 is 38.0. The van der Waals surface area contributed by atoms with Gasteiger partial charge in [0.2, 0.25) is 10.0 Å². The van der Waals surface area contributed by atoms with E-state index in [9.17, 15) is 13.2 Å². The van der Waals surface area contributed by atoms with Crippen LogP contribution in [0.25, 0.3) is 0 Å². The molecule has 0 atom stereocenters. The molecule has 31 heavy (non-hydrogen) atoms. The van der Waals surface area contributed by atoms with Crippen molar-refractivity contribution in [2.45, 2.75) is 31.6 Å². The molecule has 0 radical (unpaired) electrons. The van der Waals surface area contributed by atoms with E-state index in [1.165, 1.54) is 16.4 Å². The van der Waals surface area contributed by atoms with Gasteiger partial charge < -0.3 is 14.8 Å². The second-order valence-electron chi connectivity index (χ2n) is 7.64.